The van der Waals surface area contributed by atoms with Crippen LogP contribution < -0.4 is 0 Å². The van der Waals surface area contributed by atoms with E-state index >= 15 is 0 Å². The molecule has 0 atom stereocenters. The number of aromatic nitrogens is 3. The Morgan fingerprint density at radius 3 is 2.51 bits per heavy atom. The molecule has 0 aliphatic carbocycles. The molecule has 4 rings (SSSR count). The quantitative estimate of drug-likeness (QED) is 0.207. The fourth-order valence-corrected chi connectivity index (χ4v) is 4.69. The van der Waals surface area contributed by atoms with Crippen LogP contribution in [-0.4, -0.2) is 51.4 Å². The van der Waals surface area contributed by atoms with E-state index in [4.69, 9.17) is 4.74 Å². The van der Waals surface area contributed by atoms with Crippen molar-refractivity contribution in [2.24, 2.45) is 0 Å². The van der Waals surface area contributed by atoms with Gasteiger partial charge in [-0.15, -0.1) is 0 Å². The topological polar surface area (TPSA) is 117 Å². The predicted octanol–water partition coefficient (Wildman–Crippen LogP) is 5.55. The monoisotopic (exact) mass is 495 g/mol. The second-order valence-corrected chi connectivity index (χ2v) is 15.1. The van der Waals surface area contributed by atoms with Gasteiger partial charge in [-0.25, -0.2) is 19.0 Å². The normalized spacial score (nSPS) is 11.8. The summed E-state index contributed by atoms with van der Waals surface area (Å²) in [5.74, 6) is -3.53. The summed E-state index contributed by atoms with van der Waals surface area (Å²) in [6.45, 7) is 7.23. The van der Waals surface area contributed by atoms with Gasteiger partial charge in [0.15, 0.2) is 0 Å². The van der Waals surface area contributed by atoms with Crippen molar-refractivity contribution >= 4 is 31.0 Å². The lowest BCUT2D eigenvalue weighted by molar-refractivity contribution is 0.0683. The number of benzene rings is 1. The number of carbonyl (C=O) groups is 2. The standard InChI is InChI=1S/C25H26FN3O5Si/c1-35(2,3)11-10-34-14-29-21(16-6-8-27-23-17(16)7-9-28-23)13-19(25(32)33)22(29)15-4-5-20(26)18(12-15)24(30)31/h4-9,12-13H,10-11,14H2,1-3H3,(H,27,28)(H,30,31)(H,32,33). The van der Waals surface area contributed by atoms with Gasteiger partial charge in [0.05, 0.1) is 22.5 Å². The maximum atomic E-state index is 14.1. The smallest absolute Gasteiger partial charge is 0.338 e. The molecule has 0 spiro atoms. The number of hydrogen-bond acceptors (Lipinski definition) is 4. The summed E-state index contributed by atoms with van der Waals surface area (Å²) < 4.78 is 21.8. The first-order valence-electron chi connectivity index (χ1n) is 11.1. The lowest BCUT2D eigenvalue weighted by Gasteiger charge is -2.18. The molecule has 0 fully saturated rings. The minimum absolute atomic E-state index is 0.0381. The van der Waals surface area contributed by atoms with Gasteiger partial charge >= 0.3 is 11.9 Å². The number of rotatable bonds is 9. The molecule has 0 saturated carbocycles. The Morgan fingerprint density at radius 1 is 1.09 bits per heavy atom. The first kappa shape index (κ1) is 24.4. The number of halogens is 1. The maximum absolute atomic E-state index is 14.1. The zero-order valence-electron chi connectivity index (χ0n) is 19.6. The number of hydrogen-bond donors (Lipinski definition) is 3. The Bertz CT molecular complexity index is 1420. The van der Waals surface area contributed by atoms with E-state index in [2.05, 4.69) is 29.6 Å². The molecule has 182 valence electrons. The van der Waals surface area contributed by atoms with Gasteiger partial charge in [-0.1, -0.05) is 19.6 Å². The second kappa shape index (κ2) is 9.47. The molecule has 0 radical (unpaired) electrons. The van der Waals surface area contributed by atoms with E-state index in [0.29, 0.717) is 17.9 Å². The summed E-state index contributed by atoms with van der Waals surface area (Å²) in [6, 6.07) is 9.65. The van der Waals surface area contributed by atoms with E-state index in [-0.39, 0.29) is 23.6 Å². The lowest BCUT2D eigenvalue weighted by atomic mass is 10.0. The van der Waals surface area contributed by atoms with Crippen LogP contribution in [0.5, 0.6) is 0 Å². The van der Waals surface area contributed by atoms with Crippen LogP contribution >= 0.6 is 0 Å². The van der Waals surface area contributed by atoms with Crippen molar-refractivity contribution in [3.8, 4) is 22.5 Å². The van der Waals surface area contributed by atoms with Crippen LogP contribution in [0, 0.1) is 5.82 Å². The van der Waals surface area contributed by atoms with Gasteiger partial charge in [-0.05, 0) is 42.4 Å². The van der Waals surface area contributed by atoms with Gasteiger partial charge in [-0.3, -0.25) is 0 Å². The van der Waals surface area contributed by atoms with E-state index in [1.54, 1.807) is 23.0 Å². The molecule has 3 aromatic heterocycles. The summed E-state index contributed by atoms with van der Waals surface area (Å²) in [5.41, 5.74) is 1.87. The van der Waals surface area contributed by atoms with Gasteiger partial charge in [0.2, 0.25) is 0 Å². The number of ether oxygens (including phenoxy) is 1. The first-order valence-corrected chi connectivity index (χ1v) is 14.8. The van der Waals surface area contributed by atoms with Crippen LogP contribution in [-0.2, 0) is 11.5 Å². The average Bonchev–Trinajstić information content (AvgIpc) is 3.41. The highest BCUT2D eigenvalue weighted by Crippen LogP contribution is 2.36. The van der Waals surface area contributed by atoms with Crippen molar-refractivity contribution in [3.05, 3.63) is 65.7 Å². The third-order valence-corrected chi connectivity index (χ3v) is 7.45. The van der Waals surface area contributed by atoms with Crippen molar-refractivity contribution in [2.45, 2.75) is 32.4 Å². The van der Waals surface area contributed by atoms with E-state index < -0.39 is 31.4 Å². The van der Waals surface area contributed by atoms with E-state index in [0.717, 1.165) is 29.1 Å². The molecular weight excluding hydrogens is 469 g/mol. The summed E-state index contributed by atoms with van der Waals surface area (Å²) in [5, 5.41) is 20.3. The second-order valence-electron chi connectivity index (χ2n) is 9.47. The van der Waals surface area contributed by atoms with Crippen molar-refractivity contribution in [1.82, 2.24) is 14.5 Å². The van der Waals surface area contributed by atoms with Gasteiger partial charge in [-0.2, -0.15) is 0 Å². The summed E-state index contributed by atoms with van der Waals surface area (Å²) in [7, 11) is -1.36. The van der Waals surface area contributed by atoms with Crippen molar-refractivity contribution in [2.75, 3.05) is 6.61 Å². The fourth-order valence-electron chi connectivity index (χ4n) is 3.94. The van der Waals surface area contributed by atoms with E-state index in [1.807, 2.05) is 6.07 Å². The molecule has 35 heavy (non-hydrogen) atoms. The Morgan fingerprint density at radius 2 is 1.83 bits per heavy atom. The summed E-state index contributed by atoms with van der Waals surface area (Å²) in [6.07, 6.45) is 3.37. The Labute approximate surface area is 202 Å². The van der Waals surface area contributed by atoms with Crippen LogP contribution in [0.25, 0.3) is 33.5 Å². The van der Waals surface area contributed by atoms with Gasteiger partial charge in [0.1, 0.15) is 18.2 Å². The van der Waals surface area contributed by atoms with E-state index in [9.17, 15) is 24.2 Å². The number of H-pyrrole nitrogens is 1. The number of aromatic amines is 1. The molecule has 0 unspecified atom stereocenters. The van der Waals surface area contributed by atoms with Crippen LogP contribution in [0.3, 0.4) is 0 Å². The molecular formula is C25H26FN3O5Si. The third kappa shape index (κ3) is 5.03. The number of nitrogens with one attached hydrogen (secondary N) is 1. The maximum Gasteiger partial charge on any atom is 0.338 e. The number of aromatic carboxylic acids is 2. The highest BCUT2D eigenvalue weighted by molar-refractivity contribution is 6.76. The Kier molecular flexibility index (Phi) is 6.59. The third-order valence-electron chi connectivity index (χ3n) is 5.75. The first-order chi connectivity index (χ1) is 16.6. The number of carboxylic acids is 2. The molecule has 0 aliphatic rings. The highest BCUT2D eigenvalue weighted by Gasteiger charge is 2.25. The summed E-state index contributed by atoms with van der Waals surface area (Å²) in [4.78, 5) is 31.2. The van der Waals surface area contributed by atoms with Crippen LogP contribution in [0.2, 0.25) is 25.7 Å². The molecule has 0 amide bonds. The SMILES string of the molecule is C[Si](C)(C)CCOCn1c(-c2ccnc3[nH]ccc23)cc(C(=O)O)c1-c1ccc(F)c(C(=O)O)c1. The molecule has 3 N–H and O–H groups in total. The van der Waals surface area contributed by atoms with Crippen molar-refractivity contribution < 1.29 is 28.9 Å². The minimum Gasteiger partial charge on any atom is -0.478 e. The Hall–Kier alpha value is -3.76. The molecule has 10 heteroatoms. The molecule has 4 aromatic rings. The van der Waals surface area contributed by atoms with Crippen molar-refractivity contribution in [1.29, 1.82) is 0 Å². The van der Waals surface area contributed by atoms with Crippen molar-refractivity contribution in [3.63, 3.8) is 0 Å². The van der Waals surface area contributed by atoms with Gasteiger partial charge in [0, 0.05) is 43.6 Å². The number of nitrogens with zero attached hydrogens (tertiary/aromatic N) is 2. The van der Waals surface area contributed by atoms with Crippen LogP contribution in [0.15, 0.2) is 48.8 Å². The number of carboxylic acid groups (broad SMARTS) is 2. The molecule has 1 aromatic carbocycles. The van der Waals surface area contributed by atoms with Gasteiger partial charge < -0.3 is 24.5 Å². The number of fused-ring (bicyclic) bond motifs is 1. The van der Waals surface area contributed by atoms with Crippen LogP contribution in [0.1, 0.15) is 20.7 Å². The molecule has 0 saturated heterocycles. The Balaban J connectivity index is 1.92. The number of pyridine rings is 1. The molecule has 8 nitrogen and oxygen atoms in total. The summed E-state index contributed by atoms with van der Waals surface area (Å²) >= 11 is 0. The highest BCUT2D eigenvalue weighted by atomic mass is 28.3. The molecule has 0 aliphatic heterocycles. The predicted molar refractivity (Wildman–Crippen MR) is 133 cm³/mol. The van der Waals surface area contributed by atoms with Gasteiger partial charge in [0.25, 0.3) is 0 Å². The average molecular weight is 496 g/mol. The van der Waals surface area contributed by atoms with Crippen LogP contribution in [0.4, 0.5) is 4.39 Å². The zero-order chi connectivity index (χ0) is 25.3. The largest absolute Gasteiger partial charge is 0.478 e. The lowest BCUT2D eigenvalue weighted by Crippen LogP contribution is -2.22. The molecule has 3 heterocycles. The zero-order valence-corrected chi connectivity index (χ0v) is 20.6. The fraction of sp³-hybridized carbons (Fsp3) is 0.240. The molecule has 0 bridgehead atoms. The van der Waals surface area contributed by atoms with E-state index in [1.165, 1.54) is 12.1 Å². The minimum atomic E-state index is -1.44.